The predicted octanol–water partition coefficient (Wildman–Crippen LogP) is 2.26. The molecule has 15 heavy (non-hydrogen) atoms. The molecule has 1 saturated heterocycles. The first-order chi connectivity index (χ1) is 6.83. The molecule has 1 unspecified atom stereocenters. The summed E-state index contributed by atoms with van der Waals surface area (Å²) in [5.41, 5.74) is -0.455. The smallest absolute Gasteiger partial charge is 0.233 e. The molecule has 0 aromatic rings. The van der Waals surface area contributed by atoms with Crippen LogP contribution in [-0.4, -0.2) is 11.8 Å². The van der Waals surface area contributed by atoms with Crippen LogP contribution in [0.25, 0.3) is 0 Å². The summed E-state index contributed by atoms with van der Waals surface area (Å²) in [7, 11) is 0. The molecule has 0 radical (unpaired) electrons. The zero-order valence-electron chi connectivity index (χ0n) is 10.1. The van der Waals surface area contributed by atoms with Crippen molar-refractivity contribution in [3.63, 3.8) is 0 Å². The van der Waals surface area contributed by atoms with Gasteiger partial charge in [-0.2, -0.15) is 0 Å². The Balaban J connectivity index is 2.90. The Kier molecular flexibility index (Phi) is 3.22. The van der Waals surface area contributed by atoms with Gasteiger partial charge in [-0.15, -0.1) is 0 Å². The Morgan fingerprint density at radius 2 is 2.00 bits per heavy atom. The number of amides is 2. The van der Waals surface area contributed by atoms with Gasteiger partial charge in [0.05, 0.1) is 5.41 Å². The van der Waals surface area contributed by atoms with Gasteiger partial charge in [0.15, 0.2) is 0 Å². The number of hydrogen-bond acceptors (Lipinski definition) is 2. The topological polar surface area (TPSA) is 46.2 Å². The third-order valence-electron chi connectivity index (χ3n) is 3.97. The highest BCUT2D eigenvalue weighted by Gasteiger charge is 2.48. The van der Waals surface area contributed by atoms with Gasteiger partial charge in [0.25, 0.3) is 0 Å². The molecule has 1 fully saturated rings. The number of rotatable bonds is 3. The Labute approximate surface area is 91.6 Å². The van der Waals surface area contributed by atoms with E-state index in [1.807, 2.05) is 6.92 Å². The molecule has 0 saturated carbocycles. The monoisotopic (exact) mass is 211 g/mol. The molecule has 0 spiro atoms. The van der Waals surface area contributed by atoms with Gasteiger partial charge in [0.1, 0.15) is 0 Å². The lowest BCUT2D eigenvalue weighted by molar-refractivity contribution is -0.147. The fourth-order valence-electron chi connectivity index (χ4n) is 2.35. The molecule has 0 aromatic carbocycles. The van der Waals surface area contributed by atoms with E-state index < -0.39 is 5.41 Å². The first-order valence-electron chi connectivity index (χ1n) is 5.68. The normalized spacial score (nSPS) is 27.7. The standard InChI is InChI=1S/C12H21NO2/c1-5-7-11(2,3)12(4)8-6-9(14)13-10(12)15/h5-8H2,1-4H3,(H,13,14,15). The lowest BCUT2D eigenvalue weighted by Gasteiger charge is -2.45. The zero-order chi connectivity index (χ0) is 11.7. The number of hydrogen-bond donors (Lipinski definition) is 1. The van der Waals surface area contributed by atoms with Gasteiger partial charge in [-0.3, -0.25) is 14.9 Å². The maximum absolute atomic E-state index is 11.9. The van der Waals surface area contributed by atoms with E-state index in [-0.39, 0.29) is 17.2 Å². The van der Waals surface area contributed by atoms with E-state index >= 15 is 0 Å². The second kappa shape index (κ2) is 3.95. The van der Waals surface area contributed by atoms with E-state index in [0.717, 1.165) is 12.8 Å². The molecule has 1 rings (SSSR count). The molecular weight excluding hydrogens is 190 g/mol. The molecule has 2 amide bonds. The Morgan fingerprint density at radius 1 is 1.40 bits per heavy atom. The molecule has 1 heterocycles. The third kappa shape index (κ3) is 2.06. The quantitative estimate of drug-likeness (QED) is 0.728. The third-order valence-corrected chi connectivity index (χ3v) is 3.97. The SMILES string of the molecule is CCCC(C)(C)C1(C)CCC(=O)NC1=O. The van der Waals surface area contributed by atoms with E-state index in [9.17, 15) is 9.59 Å². The van der Waals surface area contributed by atoms with Crippen LogP contribution >= 0.6 is 0 Å². The van der Waals surface area contributed by atoms with Gasteiger partial charge in [-0.25, -0.2) is 0 Å². The Bertz CT molecular complexity index is 283. The molecule has 1 aliphatic rings. The summed E-state index contributed by atoms with van der Waals surface area (Å²) in [6.45, 7) is 8.33. The van der Waals surface area contributed by atoms with Gasteiger partial charge in [0, 0.05) is 6.42 Å². The first kappa shape index (κ1) is 12.2. The Hall–Kier alpha value is -0.860. The van der Waals surface area contributed by atoms with Crippen LogP contribution in [0.1, 0.15) is 53.4 Å². The molecule has 0 aliphatic carbocycles. The summed E-state index contributed by atoms with van der Waals surface area (Å²) >= 11 is 0. The zero-order valence-corrected chi connectivity index (χ0v) is 10.1. The van der Waals surface area contributed by atoms with Crippen LogP contribution in [0.4, 0.5) is 0 Å². The van der Waals surface area contributed by atoms with Gasteiger partial charge in [-0.1, -0.05) is 34.1 Å². The minimum absolute atomic E-state index is 0.0491. The largest absolute Gasteiger partial charge is 0.296 e. The van der Waals surface area contributed by atoms with Crippen molar-refractivity contribution in [2.75, 3.05) is 0 Å². The summed E-state index contributed by atoms with van der Waals surface area (Å²) in [5.74, 6) is -0.234. The molecule has 1 atom stereocenters. The molecule has 3 nitrogen and oxygen atoms in total. The summed E-state index contributed by atoms with van der Waals surface area (Å²) in [6, 6.07) is 0. The highest BCUT2D eigenvalue weighted by molar-refractivity contribution is 6.00. The van der Waals surface area contributed by atoms with Crippen LogP contribution in [0.5, 0.6) is 0 Å². The van der Waals surface area contributed by atoms with E-state index in [1.54, 1.807) is 0 Å². The van der Waals surface area contributed by atoms with Crippen LogP contribution in [0.2, 0.25) is 0 Å². The van der Waals surface area contributed by atoms with Gasteiger partial charge in [0.2, 0.25) is 11.8 Å². The van der Waals surface area contributed by atoms with E-state index in [4.69, 9.17) is 0 Å². The number of nitrogens with one attached hydrogen (secondary N) is 1. The average Bonchev–Trinajstić information content (AvgIpc) is 2.11. The first-order valence-corrected chi connectivity index (χ1v) is 5.68. The van der Waals surface area contributed by atoms with Crippen molar-refractivity contribution in [3.8, 4) is 0 Å². The lowest BCUT2D eigenvalue weighted by atomic mass is 9.61. The van der Waals surface area contributed by atoms with Crippen LogP contribution in [0.15, 0.2) is 0 Å². The molecule has 3 heteroatoms. The molecule has 1 aliphatic heterocycles. The summed E-state index contributed by atoms with van der Waals surface area (Å²) in [6.07, 6.45) is 3.20. The number of imide groups is 1. The second-order valence-corrected chi connectivity index (χ2v) is 5.34. The van der Waals surface area contributed by atoms with E-state index in [0.29, 0.717) is 12.8 Å². The summed E-state index contributed by atoms with van der Waals surface area (Å²) < 4.78 is 0. The summed E-state index contributed by atoms with van der Waals surface area (Å²) in [4.78, 5) is 23.0. The van der Waals surface area contributed by atoms with Crippen molar-refractivity contribution >= 4 is 11.8 Å². The van der Waals surface area contributed by atoms with Gasteiger partial charge >= 0.3 is 0 Å². The Morgan fingerprint density at radius 3 is 2.47 bits per heavy atom. The number of piperidine rings is 1. The van der Waals surface area contributed by atoms with Crippen molar-refractivity contribution in [1.29, 1.82) is 0 Å². The van der Waals surface area contributed by atoms with Crippen LogP contribution in [-0.2, 0) is 9.59 Å². The maximum atomic E-state index is 11.9. The maximum Gasteiger partial charge on any atom is 0.233 e. The van der Waals surface area contributed by atoms with Crippen LogP contribution in [0, 0.1) is 10.8 Å². The van der Waals surface area contributed by atoms with Crippen molar-refractivity contribution in [2.24, 2.45) is 10.8 Å². The van der Waals surface area contributed by atoms with Crippen LogP contribution in [0.3, 0.4) is 0 Å². The molecule has 0 bridgehead atoms. The molecular formula is C12H21NO2. The minimum atomic E-state index is -0.406. The van der Waals surface area contributed by atoms with Crippen molar-refractivity contribution in [2.45, 2.75) is 53.4 Å². The minimum Gasteiger partial charge on any atom is -0.296 e. The lowest BCUT2D eigenvalue weighted by Crippen LogP contribution is -2.53. The van der Waals surface area contributed by atoms with Gasteiger partial charge in [-0.05, 0) is 18.3 Å². The second-order valence-electron chi connectivity index (χ2n) is 5.34. The van der Waals surface area contributed by atoms with Crippen molar-refractivity contribution < 1.29 is 9.59 Å². The predicted molar refractivity (Wildman–Crippen MR) is 59.2 cm³/mol. The van der Waals surface area contributed by atoms with Gasteiger partial charge < -0.3 is 0 Å². The molecule has 86 valence electrons. The number of carbonyl (C=O) groups excluding carboxylic acids is 2. The molecule has 0 aromatic heterocycles. The van der Waals surface area contributed by atoms with Crippen molar-refractivity contribution in [3.05, 3.63) is 0 Å². The molecule has 1 N–H and O–H groups in total. The average molecular weight is 211 g/mol. The highest BCUT2D eigenvalue weighted by atomic mass is 16.2. The fraction of sp³-hybridized carbons (Fsp3) is 0.833. The highest BCUT2D eigenvalue weighted by Crippen LogP contribution is 2.47. The van der Waals surface area contributed by atoms with Crippen LogP contribution < -0.4 is 5.32 Å². The fourth-order valence-corrected chi connectivity index (χ4v) is 2.35. The van der Waals surface area contributed by atoms with Crippen molar-refractivity contribution in [1.82, 2.24) is 5.32 Å². The summed E-state index contributed by atoms with van der Waals surface area (Å²) in [5, 5.41) is 2.46. The van der Waals surface area contributed by atoms with E-state index in [2.05, 4.69) is 26.1 Å². The number of carbonyl (C=O) groups is 2. The van der Waals surface area contributed by atoms with E-state index in [1.165, 1.54) is 0 Å².